The summed E-state index contributed by atoms with van der Waals surface area (Å²) in [6.45, 7) is 6.43. The molecule has 0 bridgehead atoms. The minimum atomic E-state index is -0.955. The summed E-state index contributed by atoms with van der Waals surface area (Å²) in [5.74, 6) is -0.358. The van der Waals surface area contributed by atoms with Gasteiger partial charge in [-0.15, -0.1) is 0 Å². The van der Waals surface area contributed by atoms with Crippen LogP contribution in [-0.2, 0) is 22.7 Å². The first-order valence-corrected chi connectivity index (χ1v) is 13.1. The Hall–Kier alpha value is -4.67. The van der Waals surface area contributed by atoms with Crippen LogP contribution < -0.4 is 4.74 Å². The Morgan fingerprint density at radius 3 is 2.45 bits per heavy atom. The fourth-order valence-electron chi connectivity index (χ4n) is 4.79. The topological polar surface area (TPSA) is 102 Å². The molecule has 7 nitrogen and oxygen atoms in total. The molecule has 4 aromatic rings. The van der Waals surface area contributed by atoms with Gasteiger partial charge in [0.2, 0.25) is 0 Å². The first-order chi connectivity index (χ1) is 19.3. The van der Waals surface area contributed by atoms with Gasteiger partial charge >= 0.3 is 5.97 Å². The maximum atomic E-state index is 13.6. The summed E-state index contributed by atoms with van der Waals surface area (Å²) in [5.41, 5.74) is 6.30. The van der Waals surface area contributed by atoms with E-state index in [1.54, 1.807) is 44.4 Å². The third-order valence-corrected chi connectivity index (χ3v) is 7.08. The lowest BCUT2D eigenvalue weighted by atomic mass is 10.00. The molecule has 0 aliphatic heterocycles. The highest BCUT2D eigenvalue weighted by Crippen LogP contribution is 2.30. The van der Waals surface area contributed by atoms with Crippen LogP contribution >= 0.6 is 0 Å². The van der Waals surface area contributed by atoms with E-state index >= 15 is 0 Å². The van der Waals surface area contributed by atoms with Crippen LogP contribution in [0.2, 0.25) is 0 Å². The summed E-state index contributed by atoms with van der Waals surface area (Å²) in [6, 6.07) is 20.6. The van der Waals surface area contributed by atoms with Gasteiger partial charge in [-0.05, 0) is 73.4 Å². The van der Waals surface area contributed by atoms with Crippen LogP contribution in [0.25, 0.3) is 17.0 Å². The Balaban J connectivity index is 1.60. The number of aromatic nitrogens is 1. The largest absolute Gasteiger partial charge is 0.497 e. The van der Waals surface area contributed by atoms with Gasteiger partial charge in [0.1, 0.15) is 5.75 Å². The number of fused-ring (bicyclic) bond motifs is 1. The van der Waals surface area contributed by atoms with Crippen molar-refractivity contribution in [3.05, 3.63) is 106 Å². The molecule has 0 aliphatic carbocycles. The monoisotopic (exact) mass is 536 g/mol. The average Bonchev–Trinajstić information content (AvgIpc) is 3.23. The fourth-order valence-corrected chi connectivity index (χ4v) is 4.79. The highest BCUT2D eigenvalue weighted by molar-refractivity contribution is 6.17. The van der Waals surface area contributed by atoms with Crippen LogP contribution in [0.5, 0.6) is 5.75 Å². The number of nitriles is 1. The van der Waals surface area contributed by atoms with Crippen LogP contribution in [0.4, 0.5) is 0 Å². The smallest absolute Gasteiger partial charge is 0.332 e. The van der Waals surface area contributed by atoms with Gasteiger partial charge in [0.05, 0.1) is 36.4 Å². The second-order valence-electron chi connectivity index (χ2n) is 9.61. The molecule has 3 aromatic carbocycles. The molecule has 1 aromatic heterocycles. The molecule has 0 spiro atoms. The molecule has 0 amide bonds. The fraction of sp³-hybridized carbons (Fsp3) is 0.242. The van der Waals surface area contributed by atoms with Gasteiger partial charge in [0.15, 0.2) is 11.9 Å². The van der Waals surface area contributed by atoms with Crippen molar-refractivity contribution in [3.8, 4) is 11.8 Å². The number of ether oxygens (including phenoxy) is 2. The maximum absolute atomic E-state index is 13.6. The van der Waals surface area contributed by atoms with Crippen molar-refractivity contribution in [2.45, 2.75) is 46.4 Å². The van der Waals surface area contributed by atoms with Gasteiger partial charge < -0.3 is 19.1 Å². The Morgan fingerprint density at radius 2 is 1.82 bits per heavy atom. The molecule has 0 aliphatic rings. The number of allylic oxidation sites excluding steroid dienone is 1. The van der Waals surface area contributed by atoms with Crippen molar-refractivity contribution >= 4 is 28.7 Å². The van der Waals surface area contributed by atoms with Gasteiger partial charge in [-0.25, -0.2) is 4.79 Å². The van der Waals surface area contributed by atoms with Gasteiger partial charge in [-0.3, -0.25) is 4.79 Å². The summed E-state index contributed by atoms with van der Waals surface area (Å²) in [4.78, 5) is 24.8. The quantitative estimate of drug-likeness (QED) is 0.221. The van der Waals surface area contributed by atoms with E-state index in [1.165, 1.54) is 0 Å². The van der Waals surface area contributed by atoms with Gasteiger partial charge in [-0.2, -0.15) is 5.26 Å². The van der Waals surface area contributed by atoms with Crippen molar-refractivity contribution in [3.63, 3.8) is 0 Å². The molecule has 4 rings (SSSR count). The van der Waals surface area contributed by atoms with E-state index in [-0.39, 0.29) is 12.4 Å². The predicted octanol–water partition coefficient (Wildman–Crippen LogP) is 6.46. The highest BCUT2D eigenvalue weighted by Gasteiger charge is 2.21. The van der Waals surface area contributed by atoms with Crippen LogP contribution in [0, 0.1) is 25.2 Å². The average molecular weight is 537 g/mol. The van der Waals surface area contributed by atoms with Crippen LogP contribution in [-0.4, -0.2) is 34.6 Å². The van der Waals surface area contributed by atoms with E-state index in [2.05, 4.69) is 10.6 Å². The van der Waals surface area contributed by atoms with Crippen LogP contribution in [0.1, 0.15) is 57.2 Å². The van der Waals surface area contributed by atoms with Gasteiger partial charge in [0.25, 0.3) is 0 Å². The predicted molar refractivity (Wildman–Crippen MR) is 155 cm³/mol. The Labute approximate surface area is 233 Å². The third kappa shape index (κ3) is 5.98. The second-order valence-corrected chi connectivity index (χ2v) is 9.61. The van der Waals surface area contributed by atoms with Crippen molar-refractivity contribution in [1.29, 1.82) is 5.26 Å². The first-order valence-electron chi connectivity index (χ1n) is 13.1. The zero-order valence-corrected chi connectivity index (χ0v) is 23.1. The molecule has 0 unspecified atom stereocenters. The van der Waals surface area contributed by atoms with E-state index in [0.717, 1.165) is 33.3 Å². The summed E-state index contributed by atoms with van der Waals surface area (Å²) in [5, 5.41) is 19.5. The van der Waals surface area contributed by atoms with Gasteiger partial charge in [0, 0.05) is 23.2 Å². The van der Waals surface area contributed by atoms with E-state index in [9.17, 15) is 20.0 Å². The third-order valence-electron chi connectivity index (χ3n) is 7.08. The Kier molecular flexibility index (Phi) is 8.83. The number of carboxylic acid groups (broad SMARTS) is 1. The molecule has 204 valence electrons. The Bertz CT molecular complexity index is 1620. The highest BCUT2D eigenvalue weighted by atomic mass is 16.5. The zero-order chi connectivity index (χ0) is 28.8. The summed E-state index contributed by atoms with van der Waals surface area (Å²) < 4.78 is 12.8. The lowest BCUT2D eigenvalue weighted by molar-refractivity contribution is -0.151. The molecule has 40 heavy (non-hydrogen) atoms. The maximum Gasteiger partial charge on any atom is 0.332 e. The van der Waals surface area contributed by atoms with Crippen molar-refractivity contribution in [2.24, 2.45) is 0 Å². The number of aliphatic carboxylic acids is 1. The molecule has 1 atom stereocenters. The number of aryl methyl sites for hydroxylation is 1. The lowest BCUT2D eigenvalue weighted by Gasteiger charge is -2.13. The van der Waals surface area contributed by atoms with E-state index in [0.29, 0.717) is 35.4 Å². The number of carbonyl (C=O) groups is 2. The van der Waals surface area contributed by atoms with E-state index < -0.39 is 12.1 Å². The van der Waals surface area contributed by atoms with E-state index in [1.807, 2.05) is 56.3 Å². The first kappa shape index (κ1) is 28.3. The number of hydrogen-bond donors (Lipinski definition) is 1. The molecule has 0 radical (unpaired) electrons. The van der Waals surface area contributed by atoms with Gasteiger partial charge in [-0.1, -0.05) is 43.3 Å². The van der Waals surface area contributed by atoms with Crippen molar-refractivity contribution in [2.75, 3.05) is 7.11 Å². The number of carbonyl (C=O) groups excluding carboxylic acids is 1. The number of methoxy groups -OCH3 is 1. The minimum Gasteiger partial charge on any atom is -0.497 e. The standard InChI is InChI=1S/C33H32N2O5/c1-5-30(33(37)38)40-20-26-10-8-23(17-21(26)2)7-6-16-35-22(3)31(28-15-9-24(19-34)18-29(28)35)32(36)25-11-13-27(39-4)14-12-25/h6-15,17-18,30H,5,16,20H2,1-4H3,(H,37,38)/b7-6+/t30-/m0/s1. The number of nitrogens with zero attached hydrogens (tertiary/aromatic N) is 2. The molecular weight excluding hydrogens is 504 g/mol. The molecule has 7 heteroatoms. The lowest BCUT2D eigenvalue weighted by Crippen LogP contribution is -2.22. The number of hydrogen-bond acceptors (Lipinski definition) is 5. The number of carboxylic acids is 1. The minimum absolute atomic E-state index is 0.0840. The summed E-state index contributed by atoms with van der Waals surface area (Å²) in [7, 11) is 1.59. The molecule has 1 heterocycles. The number of rotatable bonds is 11. The summed E-state index contributed by atoms with van der Waals surface area (Å²) >= 11 is 0. The zero-order valence-electron chi connectivity index (χ0n) is 23.1. The second kappa shape index (κ2) is 12.5. The van der Waals surface area contributed by atoms with Crippen molar-refractivity contribution in [1.82, 2.24) is 4.57 Å². The molecule has 0 saturated carbocycles. The van der Waals surface area contributed by atoms with Crippen molar-refractivity contribution < 1.29 is 24.2 Å². The Morgan fingerprint density at radius 1 is 1.07 bits per heavy atom. The number of ketones is 1. The normalized spacial score (nSPS) is 12.0. The number of benzene rings is 3. The van der Waals surface area contributed by atoms with Crippen LogP contribution in [0.3, 0.4) is 0 Å². The van der Waals surface area contributed by atoms with E-state index in [4.69, 9.17) is 9.47 Å². The SMILES string of the molecule is CC[C@H](OCc1ccc(/C=C/Cn2c(C)c(C(=O)c3ccc(OC)cc3)c3ccc(C#N)cc32)cc1C)C(=O)O. The molecule has 0 saturated heterocycles. The molecule has 0 fully saturated rings. The molecular formula is C33H32N2O5. The van der Waals surface area contributed by atoms with Crippen LogP contribution in [0.15, 0.2) is 66.7 Å². The molecule has 1 N–H and O–H groups in total. The summed E-state index contributed by atoms with van der Waals surface area (Å²) in [6.07, 6.45) is 3.62.